The van der Waals surface area contributed by atoms with Crippen molar-refractivity contribution in [3.05, 3.63) is 65.7 Å². The number of carbonyl (C=O) groups excluding carboxylic acids is 2. The fraction of sp³-hybridized carbons (Fsp3) is 0.440. The van der Waals surface area contributed by atoms with Crippen molar-refractivity contribution >= 4 is 21.8 Å². The highest BCUT2D eigenvalue weighted by Crippen LogP contribution is 2.14. The summed E-state index contributed by atoms with van der Waals surface area (Å²) in [7, 11) is -3.97. The number of hydrogen-bond acceptors (Lipinski definition) is 4. The van der Waals surface area contributed by atoms with E-state index in [1.54, 1.807) is 0 Å². The van der Waals surface area contributed by atoms with Crippen LogP contribution in [0.4, 0.5) is 0 Å². The van der Waals surface area contributed by atoms with Gasteiger partial charge in [0.1, 0.15) is 6.04 Å². The number of benzene rings is 2. The topological polar surface area (TPSA) is 104 Å². The summed E-state index contributed by atoms with van der Waals surface area (Å²) in [6.07, 6.45) is 2.70. The molecule has 3 N–H and O–H groups in total. The SMILES string of the molecule is CCCCNC(=O)c1ccc(S(=O)(=O)NC(CCc2ccccc2)C(=O)NC(C)(C)C)cc1. The minimum atomic E-state index is -3.97. The number of unbranched alkanes of at least 4 members (excludes halogenated alkanes) is 1. The summed E-state index contributed by atoms with van der Waals surface area (Å²) in [6.45, 7) is 8.14. The van der Waals surface area contributed by atoms with Crippen LogP contribution in [0.2, 0.25) is 0 Å². The fourth-order valence-corrected chi connectivity index (χ4v) is 4.41. The monoisotopic (exact) mass is 473 g/mol. The molecule has 0 saturated heterocycles. The lowest BCUT2D eigenvalue weighted by Crippen LogP contribution is -2.52. The summed E-state index contributed by atoms with van der Waals surface area (Å²) in [5.41, 5.74) is 0.903. The molecule has 0 aliphatic heterocycles. The maximum Gasteiger partial charge on any atom is 0.251 e. The highest BCUT2D eigenvalue weighted by molar-refractivity contribution is 7.89. The highest BCUT2D eigenvalue weighted by atomic mass is 32.2. The zero-order chi connectivity index (χ0) is 24.5. The fourth-order valence-electron chi connectivity index (χ4n) is 3.18. The van der Waals surface area contributed by atoms with Crippen LogP contribution in [-0.2, 0) is 21.2 Å². The summed E-state index contributed by atoms with van der Waals surface area (Å²) < 4.78 is 28.6. The summed E-state index contributed by atoms with van der Waals surface area (Å²) in [6, 6.07) is 14.4. The summed E-state index contributed by atoms with van der Waals surface area (Å²) in [4.78, 5) is 25.0. The molecule has 0 fully saturated rings. The van der Waals surface area contributed by atoms with Gasteiger partial charge in [-0.25, -0.2) is 8.42 Å². The van der Waals surface area contributed by atoms with Crippen molar-refractivity contribution in [1.29, 1.82) is 0 Å². The molecule has 2 aromatic rings. The first-order chi connectivity index (χ1) is 15.5. The van der Waals surface area contributed by atoms with E-state index in [1.807, 2.05) is 58.0 Å². The molecule has 180 valence electrons. The van der Waals surface area contributed by atoms with Crippen LogP contribution in [0.5, 0.6) is 0 Å². The Labute approximate surface area is 197 Å². The first-order valence-corrected chi connectivity index (χ1v) is 12.8. The van der Waals surface area contributed by atoms with Crippen LogP contribution < -0.4 is 15.4 Å². The third-order valence-corrected chi connectivity index (χ3v) is 6.41. The van der Waals surface area contributed by atoms with Crippen molar-refractivity contribution in [2.75, 3.05) is 6.54 Å². The van der Waals surface area contributed by atoms with Gasteiger partial charge in [-0.1, -0.05) is 43.7 Å². The minimum absolute atomic E-state index is 0.000813. The van der Waals surface area contributed by atoms with Gasteiger partial charge in [-0.15, -0.1) is 0 Å². The standard InChI is InChI=1S/C25H35N3O4S/c1-5-6-18-26-23(29)20-13-15-21(16-14-20)33(31,32)28-22(24(30)27-25(2,3)4)17-12-19-10-8-7-9-11-19/h7-11,13-16,22,28H,5-6,12,17-18H2,1-4H3,(H,26,29)(H,27,30). The molecule has 8 heteroatoms. The van der Waals surface area contributed by atoms with Crippen LogP contribution in [0.15, 0.2) is 59.5 Å². The first-order valence-electron chi connectivity index (χ1n) is 11.3. The van der Waals surface area contributed by atoms with Crippen molar-refractivity contribution in [3.8, 4) is 0 Å². The van der Waals surface area contributed by atoms with E-state index >= 15 is 0 Å². The van der Waals surface area contributed by atoms with Crippen LogP contribution in [-0.4, -0.2) is 38.4 Å². The molecule has 0 aromatic heterocycles. The van der Waals surface area contributed by atoms with Crippen LogP contribution in [0.3, 0.4) is 0 Å². The maximum absolute atomic E-state index is 13.0. The number of hydrogen-bond donors (Lipinski definition) is 3. The number of sulfonamides is 1. The van der Waals surface area contributed by atoms with E-state index in [-0.39, 0.29) is 16.7 Å². The normalized spacial score (nSPS) is 12.7. The number of amides is 2. The second kappa shape index (κ2) is 12.0. The van der Waals surface area contributed by atoms with Gasteiger partial charge in [-0.2, -0.15) is 4.72 Å². The van der Waals surface area contributed by atoms with Crippen molar-refractivity contribution < 1.29 is 18.0 Å². The Bertz CT molecular complexity index is 1010. The molecule has 1 atom stereocenters. The van der Waals surface area contributed by atoms with E-state index in [2.05, 4.69) is 15.4 Å². The molecule has 0 heterocycles. The Hall–Kier alpha value is -2.71. The van der Waals surface area contributed by atoms with E-state index in [0.29, 0.717) is 24.9 Å². The van der Waals surface area contributed by atoms with E-state index in [0.717, 1.165) is 18.4 Å². The van der Waals surface area contributed by atoms with E-state index in [4.69, 9.17) is 0 Å². The molecule has 0 aliphatic carbocycles. The lowest BCUT2D eigenvalue weighted by molar-refractivity contribution is -0.124. The highest BCUT2D eigenvalue weighted by Gasteiger charge is 2.28. The smallest absolute Gasteiger partial charge is 0.251 e. The lowest BCUT2D eigenvalue weighted by atomic mass is 10.0. The second-order valence-corrected chi connectivity index (χ2v) is 10.8. The quantitative estimate of drug-likeness (QED) is 0.435. The Morgan fingerprint density at radius 2 is 1.61 bits per heavy atom. The number of aryl methyl sites for hydroxylation is 1. The van der Waals surface area contributed by atoms with Gasteiger partial charge in [0.05, 0.1) is 4.90 Å². The number of rotatable bonds is 11. The average Bonchev–Trinajstić information content (AvgIpc) is 2.76. The zero-order valence-electron chi connectivity index (χ0n) is 19.9. The Morgan fingerprint density at radius 1 is 0.970 bits per heavy atom. The average molecular weight is 474 g/mol. The molecule has 2 aromatic carbocycles. The van der Waals surface area contributed by atoms with Crippen molar-refractivity contribution in [3.63, 3.8) is 0 Å². The van der Waals surface area contributed by atoms with Gasteiger partial charge in [0.15, 0.2) is 0 Å². The van der Waals surface area contributed by atoms with E-state index in [9.17, 15) is 18.0 Å². The predicted molar refractivity (Wildman–Crippen MR) is 130 cm³/mol. The summed E-state index contributed by atoms with van der Waals surface area (Å²) >= 11 is 0. The van der Waals surface area contributed by atoms with Crippen LogP contribution in [0, 0.1) is 0 Å². The zero-order valence-corrected chi connectivity index (χ0v) is 20.7. The number of carbonyl (C=O) groups is 2. The Morgan fingerprint density at radius 3 is 2.18 bits per heavy atom. The van der Waals surface area contributed by atoms with E-state index in [1.165, 1.54) is 24.3 Å². The van der Waals surface area contributed by atoms with Crippen LogP contribution in [0.1, 0.15) is 62.9 Å². The number of nitrogens with one attached hydrogen (secondary N) is 3. The third kappa shape index (κ3) is 8.98. The van der Waals surface area contributed by atoms with Gasteiger partial charge < -0.3 is 10.6 Å². The van der Waals surface area contributed by atoms with Gasteiger partial charge in [-0.3, -0.25) is 9.59 Å². The molecular weight excluding hydrogens is 438 g/mol. The van der Waals surface area contributed by atoms with E-state index < -0.39 is 21.6 Å². The largest absolute Gasteiger partial charge is 0.352 e. The molecular formula is C25H35N3O4S. The Kier molecular flexibility index (Phi) is 9.61. The van der Waals surface area contributed by atoms with Crippen molar-refractivity contribution in [2.45, 2.75) is 69.9 Å². The molecule has 2 amide bonds. The minimum Gasteiger partial charge on any atom is -0.352 e. The van der Waals surface area contributed by atoms with Crippen LogP contribution in [0.25, 0.3) is 0 Å². The van der Waals surface area contributed by atoms with Gasteiger partial charge in [-0.05, 0) is 69.9 Å². The Balaban J connectivity index is 2.15. The molecule has 0 spiro atoms. The van der Waals surface area contributed by atoms with Crippen molar-refractivity contribution in [1.82, 2.24) is 15.4 Å². The molecule has 0 radical (unpaired) electrons. The van der Waals surface area contributed by atoms with Gasteiger partial charge in [0.2, 0.25) is 15.9 Å². The molecule has 2 rings (SSSR count). The van der Waals surface area contributed by atoms with Crippen molar-refractivity contribution in [2.24, 2.45) is 0 Å². The second-order valence-electron chi connectivity index (χ2n) is 9.07. The molecule has 0 bridgehead atoms. The van der Waals surface area contributed by atoms with Gasteiger partial charge >= 0.3 is 0 Å². The first kappa shape index (κ1) is 26.5. The predicted octanol–water partition coefficient (Wildman–Crippen LogP) is 3.41. The summed E-state index contributed by atoms with van der Waals surface area (Å²) in [5.74, 6) is -0.625. The molecule has 0 saturated carbocycles. The molecule has 33 heavy (non-hydrogen) atoms. The van der Waals surface area contributed by atoms with Gasteiger partial charge in [0, 0.05) is 17.6 Å². The summed E-state index contributed by atoms with van der Waals surface area (Å²) in [5, 5.41) is 5.66. The molecule has 1 unspecified atom stereocenters. The molecule has 0 aliphatic rings. The van der Waals surface area contributed by atoms with Gasteiger partial charge in [0.25, 0.3) is 5.91 Å². The molecule has 7 nitrogen and oxygen atoms in total. The maximum atomic E-state index is 13.0. The third-order valence-electron chi connectivity index (χ3n) is 4.92. The van der Waals surface area contributed by atoms with Crippen LogP contribution >= 0.6 is 0 Å². The lowest BCUT2D eigenvalue weighted by Gasteiger charge is -2.25.